The number of aliphatic hydroxyl groups excluding tert-OH is 1. The van der Waals surface area contributed by atoms with Crippen molar-refractivity contribution in [1.82, 2.24) is 0 Å². The summed E-state index contributed by atoms with van der Waals surface area (Å²) in [5.41, 5.74) is 0.407. The van der Waals surface area contributed by atoms with Crippen LogP contribution >= 0.6 is 7.60 Å². The molecular weight excluding hydrogens is 511 g/mol. The second kappa shape index (κ2) is 12.7. The number of hydrogen-bond donors (Lipinski definition) is 1. The van der Waals surface area contributed by atoms with Crippen LogP contribution in [0.25, 0.3) is 0 Å². The van der Waals surface area contributed by atoms with Crippen LogP contribution in [-0.2, 0) is 50.5 Å². The molecule has 0 spiro atoms. The summed E-state index contributed by atoms with van der Waals surface area (Å²) in [4.78, 5) is 0. The Morgan fingerprint density at radius 1 is 0.947 bits per heavy atom. The van der Waals surface area contributed by atoms with Gasteiger partial charge in [-0.1, -0.05) is 60.7 Å². The van der Waals surface area contributed by atoms with Crippen molar-refractivity contribution < 1.29 is 42.4 Å². The highest BCUT2D eigenvalue weighted by atomic mass is 31.2. The molecule has 10 heteroatoms. The lowest BCUT2D eigenvalue weighted by Crippen LogP contribution is -2.63. The molecule has 0 radical (unpaired) electrons. The van der Waals surface area contributed by atoms with Crippen molar-refractivity contribution in [1.29, 1.82) is 0 Å². The van der Waals surface area contributed by atoms with E-state index in [2.05, 4.69) is 0 Å². The minimum atomic E-state index is -4.03. The predicted octanol–water partition coefficient (Wildman–Crippen LogP) is 4.66. The molecule has 210 valence electrons. The smallest absolute Gasteiger partial charge is 0.362 e. The van der Waals surface area contributed by atoms with Gasteiger partial charge in [0.1, 0.15) is 18.3 Å². The van der Waals surface area contributed by atoms with Crippen molar-refractivity contribution >= 4 is 7.60 Å². The average Bonchev–Trinajstić information content (AvgIpc) is 3.21. The summed E-state index contributed by atoms with van der Waals surface area (Å²) in [7, 11) is -4.03. The predicted molar refractivity (Wildman–Crippen MR) is 140 cm³/mol. The first kappa shape index (κ1) is 29.3. The summed E-state index contributed by atoms with van der Waals surface area (Å²) in [5.74, 6) is -2.68. The van der Waals surface area contributed by atoms with Crippen molar-refractivity contribution in [2.45, 2.75) is 76.5 Å². The van der Waals surface area contributed by atoms with Crippen LogP contribution in [-0.4, -0.2) is 67.1 Å². The molecule has 1 N–H and O–H groups in total. The molecule has 0 bridgehead atoms. The summed E-state index contributed by atoms with van der Waals surface area (Å²) >= 11 is 0. The second-order valence-corrected chi connectivity index (χ2v) is 11.9. The largest absolute Gasteiger partial charge is 0.378 e. The first-order chi connectivity index (χ1) is 18.2. The molecule has 2 aliphatic heterocycles. The molecule has 4 rings (SSSR count). The molecule has 2 aromatic carbocycles. The maximum atomic E-state index is 13.7. The summed E-state index contributed by atoms with van der Waals surface area (Å²) in [6.45, 7) is 7.80. The van der Waals surface area contributed by atoms with Crippen molar-refractivity contribution in [3.63, 3.8) is 0 Å². The lowest BCUT2D eigenvalue weighted by atomic mass is 9.93. The monoisotopic (exact) mass is 550 g/mol. The first-order valence-corrected chi connectivity index (χ1v) is 14.7. The van der Waals surface area contributed by atoms with E-state index in [0.717, 1.165) is 11.1 Å². The molecule has 2 saturated heterocycles. The van der Waals surface area contributed by atoms with E-state index in [9.17, 15) is 9.67 Å². The number of aliphatic hydroxyl groups is 1. The molecule has 2 heterocycles. The van der Waals surface area contributed by atoms with E-state index in [0.29, 0.717) is 6.61 Å². The lowest BCUT2D eigenvalue weighted by Gasteiger charge is -2.48. The molecule has 2 aromatic rings. The number of rotatable bonds is 13. The van der Waals surface area contributed by atoms with Gasteiger partial charge in [0, 0.05) is 0 Å². The van der Waals surface area contributed by atoms with Gasteiger partial charge in [0.25, 0.3) is 0 Å². The van der Waals surface area contributed by atoms with Gasteiger partial charge >= 0.3 is 7.60 Å². The van der Waals surface area contributed by atoms with Crippen molar-refractivity contribution in [2.75, 3.05) is 26.4 Å². The third-order valence-electron chi connectivity index (χ3n) is 6.61. The Bertz CT molecular complexity index is 1040. The molecule has 2 fully saturated rings. The van der Waals surface area contributed by atoms with Gasteiger partial charge < -0.3 is 37.8 Å². The lowest BCUT2D eigenvalue weighted by molar-refractivity contribution is -0.339. The molecule has 5 atom stereocenters. The Morgan fingerprint density at radius 2 is 1.53 bits per heavy atom. The zero-order chi connectivity index (χ0) is 27.2. The van der Waals surface area contributed by atoms with Gasteiger partial charge in [-0.2, -0.15) is 0 Å². The van der Waals surface area contributed by atoms with Crippen LogP contribution in [0.2, 0.25) is 0 Å². The summed E-state index contributed by atoms with van der Waals surface area (Å²) in [6, 6.07) is 19.5. The first-order valence-electron chi connectivity index (χ1n) is 13.1. The summed E-state index contributed by atoms with van der Waals surface area (Å²) in [6.07, 6.45) is -2.17. The highest BCUT2D eigenvalue weighted by molar-refractivity contribution is 7.54. The molecule has 1 unspecified atom stereocenters. The standard InChI is InChI=1S/C28H39O9P/c1-5-34-38(30,35-6-2)26(29)28-20-33-27(3,4)37-25(28)24(32-18-22-15-11-8-12-16-22)23(36-28)19-31-17-21-13-9-7-10-14-21/h7-16,23-26,29H,5-6,17-20H2,1-4H3/t23-,24-,25+,26?,28+/m1/s1. The number of benzene rings is 2. The van der Waals surface area contributed by atoms with Crippen molar-refractivity contribution in [3.8, 4) is 0 Å². The third kappa shape index (κ3) is 6.55. The van der Waals surface area contributed by atoms with E-state index >= 15 is 0 Å². The van der Waals surface area contributed by atoms with Gasteiger partial charge in [0.2, 0.25) is 0 Å². The summed E-state index contributed by atoms with van der Waals surface area (Å²) in [5, 5.41) is 11.6. The highest BCUT2D eigenvalue weighted by Gasteiger charge is 2.68. The van der Waals surface area contributed by atoms with Gasteiger partial charge in [0.15, 0.2) is 17.2 Å². The number of hydrogen-bond acceptors (Lipinski definition) is 9. The van der Waals surface area contributed by atoms with E-state index in [1.807, 2.05) is 60.7 Å². The minimum absolute atomic E-state index is 0.0832. The van der Waals surface area contributed by atoms with Gasteiger partial charge in [-0.15, -0.1) is 0 Å². The Hall–Kier alpha value is -1.65. The fraction of sp³-hybridized carbons (Fsp3) is 0.571. The fourth-order valence-corrected chi connectivity index (χ4v) is 6.74. The highest BCUT2D eigenvalue weighted by Crippen LogP contribution is 2.60. The Kier molecular flexibility index (Phi) is 9.79. The van der Waals surface area contributed by atoms with E-state index < -0.39 is 43.1 Å². The molecule has 0 aromatic heterocycles. The number of ether oxygens (including phenoxy) is 5. The van der Waals surface area contributed by atoms with E-state index in [1.165, 1.54) is 0 Å². The third-order valence-corrected chi connectivity index (χ3v) is 8.88. The average molecular weight is 551 g/mol. The Morgan fingerprint density at radius 3 is 2.11 bits per heavy atom. The molecule has 38 heavy (non-hydrogen) atoms. The van der Waals surface area contributed by atoms with E-state index in [1.54, 1.807) is 27.7 Å². The maximum absolute atomic E-state index is 13.7. The second-order valence-electron chi connectivity index (χ2n) is 9.85. The van der Waals surface area contributed by atoms with Gasteiger partial charge in [-0.25, -0.2) is 0 Å². The van der Waals surface area contributed by atoms with Crippen LogP contribution in [0.5, 0.6) is 0 Å². The van der Waals surface area contributed by atoms with Crippen molar-refractivity contribution in [3.05, 3.63) is 71.8 Å². The van der Waals surface area contributed by atoms with Crippen LogP contribution in [0.3, 0.4) is 0 Å². The van der Waals surface area contributed by atoms with Crippen LogP contribution < -0.4 is 0 Å². The fourth-order valence-electron chi connectivity index (χ4n) is 4.84. The van der Waals surface area contributed by atoms with Gasteiger partial charge in [-0.05, 0) is 38.8 Å². The van der Waals surface area contributed by atoms with Crippen LogP contribution in [0.4, 0.5) is 0 Å². The van der Waals surface area contributed by atoms with Gasteiger partial charge in [0.05, 0.1) is 39.6 Å². The van der Waals surface area contributed by atoms with Crippen LogP contribution in [0.15, 0.2) is 60.7 Å². The van der Waals surface area contributed by atoms with E-state index in [-0.39, 0.29) is 33.0 Å². The SMILES string of the molecule is CCOP(=O)(OCC)C(O)[C@]12COC(C)(C)O[C@H]1[C@H](OCc1ccccc1)[C@@H](COCc1ccccc1)O2. The summed E-state index contributed by atoms with van der Waals surface area (Å²) < 4.78 is 56.0. The molecule has 0 saturated carbocycles. The Balaban J connectivity index is 1.64. The molecule has 0 aliphatic carbocycles. The van der Waals surface area contributed by atoms with Crippen LogP contribution in [0.1, 0.15) is 38.8 Å². The molecule has 0 amide bonds. The molecule has 9 nitrogen and oxygen atoms in total. The minimum Gasteiger partial charge on any atom is -0.378 e. The normalized spacial score (nSPS) is 27.7. The van der Waals surface area contributed by atoms with E-state index in [4.69, 9.17) is 32.7 Å². The zero-order valence-electron chi connectivity index (χ0n) is 22.5. The number of fused-ring (bicyclic) bond motifs is 1. The zero-order valence-corrected chi connectivity index (χ0v) is 23.4. The topological polar surface area (TPSA) is 102 Å². The molecular formula is C28H39O9P. The maximum Gasteiger partial charge on any atom is 0.362 e. The van der Waals surface area contributed by atoms with Crippen molar-refractivity contribution in [2.24, 2.45) is 0 Å². The van der Waals surface area contributed by atoms with Gasteiger partial charge in [-0.3, -0.25) is 4.57 Å². The Labute approximate surface area is 224 Å². The molecule has 2 aliphatic rings. The quantitative estimate of drug-likeness (QED) is 0.357. The van der Waals surface area contributed by atoms with Crippen LogP contribution in [0, 0.1) is 0 Å².